The summed E-state index contributed by atoms with van der Waals surface area (Å²) in [5.41, 5.74) is 2.40. The molecule has 1 aromatic carbocycles. The normalized spacial score (nSPS) is 11.1. The Morgan fingerprint density at radius 1 is 1.05 bits per heavy atom. The molecule has 0 spiro atoms. The van der Waals surface area contributed by atoms with Crippen LogP contribution in [-0.2, 0) is 6.54 Å². The lowest BCUT2D eigenvalue weighted by atomic mass is 10.1. The summed E-state index contributed by atoms with van der Waals surface area (Å²) in [7, 11) is 4.22. The van der Waals surface area contributed by atoms with E-state index in [9.17, 15) is 0 Å². The first-order valence-corrected chi connectivity index (χ1v) is 8.35. The molecule has 0 aliphatic carbocycles. The van der Waals surface area contributed by atoms with E-state index in [0.29, 0.717) is 0 Å². The van der Waals surface area contributed by atoms with E-state index in [1.54, 1.807) is 0 Å². The van der Waals surface area contributed by atoms with E-state index in [1.165, 1.54) is 11.3 Å². The van der Waals surface area contributed by atoms with Crippen LogP contribution >= 0.6 is 11.6 Å². The van der Waals surface area contributed by atoms with Crippen molar-refractivity contribution in [2.75, 3.05) is 45.2 Å². The molecule has 0 amide bonds. The molecule has 0 atom stereocenters. The van der Waals surface area contributed by atoms with Crippen LogP contribution in [0.2, 0.25) is 5.02 Å². The standard InChI is InChI=1S/C17H30ClN3/c1-5-9-19-14-15-7-8-16(13-17(15)18)21(10-6-2)12-11-20(3)4/h7-8,13,19H,5-6,9-12,14H2,1-4H3. The van der Waals surface area contributed by atoms with Crippen LogP contribution < -0.4 is 10.2 Å². The summed E-state index contributed by atoms with van der Waals surface area (Å²) >= 11 is 6.44. The molecule has 0 fully saturated rings. The monoisotopic (exact) mass is 311 g/mol. The third kappa shape index (κ3) is 6.68. The summed E-state index contributed by atoms with van der Waals surface area (Å²) in [6.45, 7) is 9.42. The minimum Gasteiger partial charge on any atom is -0.370 e. The molecule has 4 heteroatoms. The van der Waals surface area contributed by atoms with Crippen LogP contribution in [0.1, 0.15) is 32.3 Å². The number of likely N-dealkylation sites (N-methyl/N-ethyl adjacent to an activating group) is 1. The molecule has 1 aromatic rings. The summed E-state index contributed by atoms with van der Waals surface area (Å²) in [6, 6.07) is 6.45. The third-order valence-electron chi connectivity index (χ3n) is 3.45. The Labute approximate surface area is 135 Å². The summed E-state index contributed by atoms with van der Waals surface area (Å²) in [5.74, 6) is 0. The van der Waals surface area contributed by atoms with Crippen molar-refractivity contribution in [3.63, 3.8) is 0 Å². The quantitative estimate of drug-likeness (QED) is 0.666. The second-order valence-electron chi connectivity index (χ2n) is 5.74. The van der Waals surface area contributed by atoms with Gasteiger partial charge in [-0.2, -0.15) is 0 Å². The molecule has 0 bridgehead atoms. The van der Waals surface area contributed by atoms with Gasteiger partial charge in [-0.05, 0) is 51.2 Å². The van der Waals surface area contributed by atoms with Crippen molar-refractivity contribution in [2.45, 2.75) is 33.2 Å². The van der Waals surface area contributed by atoms with Gasteiger partial charge in [0.15, 0.2) is 0 Å². The summed E-state index contributed by atoms with van der Waals surface area (Å²) in [6.07, 6.45) is 2.29. The smallest absolute Gasteiger partial charge is 0.0471 e. The molecule has 0 aliphatic rings. The van der Waals surface area contributed by atoms with Crippen LogP contribution in [0.4, 0.5) is 5.69 Å². The molecule has 0 heterocycles. The van der Waals surface area contributed by atoms with Gasteiger partial charge in [0, 0.05) is 36.9 Å². The zero-order valence-electron chi connectivity index (χ0n) is 14.0. The maximum Gasteiger partial charge on any atom is 0.0471 e. The highest BCUT2D eigenvalue weighted by atomic mass is 35.5. The van der Waals surface area contributed by atoms with Gasteiger partial charge in [-0.25, -0.2) is 0 Å². The van der Waals surface area contributed by atoms with Crippen LogP contribution in [0.5, 0.6) is 0 Å². The maximum absolute atomic E-state index is 6.44. The van der Waals surface area contributed by atoms with Gasteiger partial charge in [0.2, 0.25) is 0 Å². The first-order valence-electron chi connectivity index (χ1n) is 7.97. The minimum atomic E-state index is 0.846. The molecular weight excluding hydrogens is 282 g/mol. The SMILES string of the molecule is CCCNCc1ccc(N(CCC)CCN(C)C)cc1Cl. The number of rotatable bonds is 10. The van der Waals surface area contributed by atoms with E-state index in [0.717, 1.165) is 50.6 Å². The van der Waals surface area contributed by atoms with Gasteiger partial charge in [0.1, 0.15) is 0 Å². The summed E-state index contributed by atoms with van der Waals surface area (Å²) in [4.78, 5) is 4.63. The third-order valence-corrected chi connectivity index (χ3v) is 3.81. The first kappa shape index (κ1) is 18.3. The topological polar surface area (TPSA) is 18.5 Å². The van der Waals surface area contributed by atoms with E-state index >= 15 is 0 Å². The molecule has 1 N–H and O–H groups in total. The van der Waals surface area contributed by atoms with Crippen molar-refractivity contribution in [1.82, 2.24) is 10.2 Å². The molecule has 3 nitrogen and oxygen atoms in total. The van der Waals surface area contributed by atoms with Crippen molar-refractivity contribution in [2.24, 2.45) is 0 Å². The Bertz CT molecular complexity index is 407. The van der Waals surface area contributed by atoms with Crippen LogP contribution in [0.15, 0.2) is 18.2 Å². The van der Waals surface area contributed by atoms with Gasteiger partial charge in [-0.1, -0.05) is 31.5 Å². The second-order valence-corrected chi connectivity index (χ2v) is 6.15. The van der Waals surface area contributed by atoms with Gasteiger partial charge in [0.05, 0.1) is 0 Å². The average Bonchev–Trinajstić information content (AvgIpc) is 2.45. The Morgan fingerprint density at radius 3 is 2.38 bits per heavy atom. The first-order chi connectivity index (χ1) is 10.1. The summed E-state index contributed by atoms with van der Waals surface area (Å²) < 4.78 is 0. The van der Waals surface area contributed by atoms with Gasteiger partial charge < -0.3 is 15.1 Å². The lowest BCUT2D eigenvalue weighted by Gasteiger charge is -2.26. The van der Waals surface area contributed by atoms with Gasteiger partial charge in [0.25, 0.3) is 0 Å². The molecule has 0 radical (unpaired) electrons. The number of nitrogens with zero attached hydrogens (tertiary/aromatic N) is 2. The van der Waals surface area contributed by atoms with Crippen molar-refractivity contribution < 1.29 is 0 Å². The Morgan fingerprint density at radius 2 is 1.81 bits per heavy atom. The minimum absolute atomic E-state index is 0.846. The molecule has 0 aliphatic heterocycles. The predicted molar refractivity (Wildman–Crippen MR) is 94.5 cm³/mol. The lowest BCUT2D eigenvalue weighted by molar-refractivity contribution is 0.413. The van der Waals surface area contributed by atoms with Gasteiger partial charge >= 0.3 is 0 Å². The maximum atomic E-state index is 6.44. The van der Waals surface area contributed by atoms with Crippen LogP contribution in [-0.4, -0.2) is 45.2 Å². The number of benzene rings is 1. The average molecular weight is 312 g/mol. The summed E-state index contributed by atoms with van der Waals surface area (Å²) in [5, 5.41) is 4.26. The van der Waals surface area contributed by atoms with E-state index in [-0.39, 0.29) is 0 Å². The fourth-order valence-corrected chi connectivity index (χ4v) is 2.48. The second kappa shape index (κ2) is 10.0. The highest BCUT2D eigenvalue weighted by Gasteiger charge is 2.09. The number of hydrogen-bond acceptors (Lipinski definition) is 3. The van der Waals surface area contributed by atoms with Crippen molar-refractivity contribution in [1.29, 1.82) is 0 Å². The highest BCUT2D eigenvalue weighted by Crippen LogP contribution is 2.24. The Kier molecular flexibility index (Phi) is 8.74. The van der Waals surface area contributed by atoms with Crippen molar-refractivity contribution >= 4 is 17.3 Å². The highest BCUT2D eigenvalue weighted by molar-refractivity contribution is 6.31. The molecule has 0 saturated heterocycles. The molecular formula is C17H30ClN3. The van der Waals surface area contributed by atoms with Crippen molar-refractivity contribution in [3.05, 3.63) is 28.8 Å². The molecule has 120 valence electrons. The molecule has 0 unspecified atom stereocenters. The van der Waals surface area contributed by atoms with Gasteiger partial charge in [-0.3, -0.25) is 0 Å². The number of nitrogens with one attached hydrogen (secondary N) is 1. The Balaban J connectivity index is 2.72. The number of hydrogen-bond donors (Lipinski definition) is 1. The van der Waals surface area contributed by atoms with Crippen molar-refractivity contribution in [3.8, 4) is 0 Å². The van der Waals surface area contributed by atoms with E-state index in [1.807, 2.05) is 0 Å². The van der Waals surface area contributed by atoms with Crippen LogP contribution in [0.25, 0.3) is 0 Å². The fourth-order valence-electron chi connectivity index (χ4n) is 2.24. The molecule has 21 heavy (non-hydrogen) atoms. The largest absolute Gasteiger partial charge is 0.370 e. The molecule has 0 aromatic heterocycles. The predicted octanol–water partition coefficient (Wildman–Crippen LogP) is 3.62. The molecule has 1 rings (SSSR count). The zero-order valence-corrected chi connectivity index (χ0v) is 14.7. The number of anilines is 1. The van der Waals surface area contributed by atoms with Crippen LogP contribution in [0, 0.1) is 0 Å². The fraction of sp³-hybridized carbons (Fsp3) is 0.647. The van der Waals surface area contributed by atoms with Crippen LogP contribution in [0.3, 0.4) is 0 Å². The van der Waals surface area contributed by atoms with E-state index < -0.39 is 0 Å². The van der Waals surface area contributed by atoms with E-state index in [2.05, 4.69) is 61.3 Å². The number of halogens is 1. The Hall–Kier alpha value is -0.770. The zero-order chi connectivity index (χ0) is 15.7. The molecule has 0 saturated carbocycles. The lowest BCUT2D eigenvalue weighted by Crippen LogP contribution is -2.32. The van der Waals surface area contributed by atoms with E-state index in [4.69, 9.17) is 11.6 Å². The van der Waals surface area contributed by atoms with Gasteiger partial charge in [-0.15, -0.1) is 0 Å².